The minimum atomic E-state index is -0.382. The Kier molecular flexibility index (Phi) is 8.09. The van der Waals surface area contributed by atoms with Crippen molar-refractivity contribution in [1.82, 2.24) is 4.98 Å². The molecule has 0 saturated heterocycles. The Bertz CT molecular complexity index is 1370. The van der Waals surface area contributed by atoms with Crippen molar-refractivity contribution in [3.05, 3.63) is 125 Å². The molecule has 0 aliphatic heterocycles. The topological polar surface area (TPSA) is 35.2 Å². The Labute approximate surface area is 214 Å². The van der Waals surface area contributed by atoms with E-state index in [0.29, 0.717) is 5.56 Å². The molecule has 34 heavy (non-hydrogen) atoms. The fraction of sp³-hybridized carbons (Fsp3) is 0.133. The van der Waals surface area contributed by atoms with Gasteiger partial charge in [0.25, 0.3) is 0 Å². The zero-order valence-electron chi connectivity index (χ0n) is 19.3. The van der Waals surface area contributed by atoms with Gasteiger partial charge in [-0.1, -0.05) is 56.7 Å². The largest absolute Gasteiger partial charge is 3.00 e. The molecule has 1 aliphatic rings. The Morgan fingerprint density at radius 2 is 1.82 bits per heavy atom. The van der Waals surface area contributed by atoms with Crippen molar-refractivity contribution in [1.29, 1.82) is 0 Å². The van der Waals surface area contributed by atoms with Gasteiger partial charge in [0.2, 0.25) is 0 Å². The Balaban J connectivity index is 0.000000204. The van der Waals surface area contributed by atoms with E-state index >= 15 is 0 Å². The molecule has 0 spiro atoms. The first-order valence-corrected chi connectivity index (χ1v) is 10.8. The van der Waals surface area contributed by atoms with Crippen LogP contribution in [0.5, 0.6) is 0 Å². The van der Waals surface area contributed by atoms with Crippen molar-refractivity contribution in [3.8, 4) is 11.3 Å². The van der Waals surface area contributed by atoms with Crippen LogP contribution in [0.2, 0.25) is 0 Å². The van der Waals surface area contributed by atoms with Gasteiger partial charge in [-0.2, -0.15) is 6.21 Å². The summed E-state index contributed by atoms with van der Waals surface area (Å²) < 4.78 is 14.4. The molecule has 5 rings (SSSR count). The van der Waals surface area contributed by atoms with E-state index in [0.717, 1.165) is 44.9 Å². The van der Waals surface area contributed by atoms with E-state index in [1.54, 1.807) is 24.4 Å². The van der Waals surface area contributed by atoms with Gasteiger partial charge in [-0.05, 0) is 33.5 Å². The van der Waals surface area contributed by atoms with Crippen molar-refractivity contribution in [3.63, 3.8) is 0 Å². The van der Waals surface area contributed by atoms with Crippen molar-refractivity contribution in [2.75, 3.05) is 0 Å². The first kappa shape index (κ1) is 25.4. The fourth-order valence-corrected chi connectivity index (χ4v) is 4.32. The second-order valence-corrected chi connectivity index (χ2v) is 8.42. The summed E-state index contributed by atoms with van der Waals surface area (Å²) in [6, 6.07) is 25.4. The molecule has 0 amide bonds. The summed E-state index contributed by atoms with van der Waals surface area (Å²) >= 11 is 0. The van der Waals surface area contributed by atoms with E-state index in [1.165, 1.54) is 6.07 Å². The van der Waals surface area contributed by atoms with Crippen LogP contribution < -0.4 is 0 Å². The molecule has 1 aromatic heterocycles. The van der Waals surface area contributed by atoms with Crippen LogP contribution in [-0.2, 0) is 25.5 Å². The van der Waals surface area contributed by atoms with Crippen LogP contribution in [0.4, 0.5) is 4.39 Å². The van der Waals surface area contributed by atoms with Crippen LogP contribution in [0.15, 0.2) is 85.1 Å². The molecule has 0 bridgehead atoms. The second-order valence-electron chi connectivity index (χ2n) is 8.42. The predicted octanol–water partition coefficient (Wildman–Crippen LogP) is 7.56. The summed E-state index contributed by atoms with van der Waals surface area (Å²) in [6.45, 7) is 6.13. The molecule has 4 aromatic rings. The normalized spacial score (nSPS) is 13.5. The van der Waals surface area contributed by atoms with Crippen LogP contribution in [0, 0.1) is 17.9 Å². The molecule has 0 N–H and O–H groups in total. The number of benzene rings is 3. The molecule has 2 nitrogen and oxygen atoms in total. The van der Waals surface area contributed by atoms with Gasteiger partial charge >= 0.3 is 20.1 Å². The van der Waals surface area contributed by atoms with E-state index in [4.69, 9.17) is 5.41 Å². The minimum absolute atomic E-state index is 0. The zero-order valence-corrected chi connectivity index (χ0v) is 21.7. The van der Waals surface area contributed by atoms with Crippen LogP contribution in [-0.4, -0.2) is 11.2 Å². The first-order chi connectivity index (χ1) is 15.9. The van der Waals surface area contributed by atoms with E-state index in [2.05, 4.69) is 43.1 Å². The average molecular weight is 624 g/mol. The third-order valence-corrected chi connectivity index (χ3v) is 5.95. The number of aromatic nitrogens is 1. The SMILES string of the molecule is C/C(=C\C=C/C=[N-])c1[c-]cccc1.CC1(C)c2c([c-]ccc2F)-c2nccc3cccc1c23.[Ir+3]. The van der Waals surface area contributed by atoms with Gasteiger partial charge in [-0.3, -0.25) is 0 Å². The summed E-state index contributed by atoms with van der Waals surface area (Å²) in [5.74, 6) is -0.183. The molecule has 170 valence electrons. The van der Waals surface area contributed by atoms with Gasteiger partial charge in [0.15, 0.2) is 0 Å². The van der Waals surface area contributed by atoms with E-state index in [1.807, 2.05) is 49.4 Å². The van der Waals surface area contributed by atoms with Crippen LogP contribution in [0.3, 0.4) is 0 Å². The Morgan fingerprint density at radius 3 is 2.56 bits per heavy atom. The van der Waals surface area contributed by atoms with E-state index in [-0.39, 0.29) is 31.3 Å². The molecule has 0 atom stereocenters. The smallest absolute Gasteiger partial charge is 0.811 e. The molecular formula is C30H24FIrN2. The van der Waals surface area contributed by atoms with E-state index in [9.17, 15) is 4.39 Å². The fourth-order valence-electron chi connectivity index (χ4n) is 4.32. The maximum Gasteiger partial charge on any atom is 3.00 e. The third-order valence-electron chi connectivity index (χ3n) is 5.95. The van der Waals surface area contributed by atoms with Gasteiger partial charge in [-0.15, -0.1) is 71.3 Å². The molecule has 1 aliphatic carbocycles. The monoisotopic (exact) mass is 624 g/mol. The standard InChI is InChI=1S/C18H13FN.C12H11N.Ir/c1-18(2)13-7-3-5-11-9-10-20-17(15(11)13)12-6-4-8-14(19)16(12)18;1-11(7-5-6-10-13)12-8-3-2-4-9-12;/h3-5,7-10H,1-2H3;2-8,10H,1H3;/q-1;-2;+3/b;6-5-,11-7+;. The summed E-state index contributed by atoms with van der Waals surface area (Å²) in [6.07, 6.45) is 8.09. The van der Waals surface area contributed by atoms with E-state index < -0.39 is 0 Å². The number of halogens is 1. The number of fused-ring (bicyclic) bond motifs is 2. The van der Waals surface area contributed by atoms with Crippen molar-refractivity contribution < 1.29 is 24.5 Å². The van der Waals surface area contributed by atoms with Gasteiger partial charge < -0.3 is 10.4 Å². The number of pyridine rings is 1. The average Bonchev–Trinajstić information content (AvgIpc) is 2.83. The number of nitrogens with zero attached hydrogens (tertiary/aromatic N) is 2. The van der Waals surface area contributed by atoms with Crippen LogP contribution >= 0.6 is 0 Å². The predicted molar refractivity (Wildman–Crippen MR) is 136 cm³/mol. The molecule has 0 radical (unpaired) electrons. The Morgan fingerprint density at radius 1 is 1.00 bits per heavy atom. The van der Waals surface area contributed by atoms with Crippen LogP contribution in [0.25, 0.3) is 33.0 Å². The van der Waals surface area contributed by atoms with Gasteiger partial charge in [0.1, 0.15) is 0 Å². The summed E-state index contributed by atoms with van der Waals surface area (Å²) in [7, 11) is 0. The summed E-state index contributed by atoms with van der Waals surface area (Å²) in [5.41, 5.74) is 5.27. The molecule has 0 saturated carbocycles. The van der Waals surface area contributed by atoms with Crippen molar-refractivity contribution >= 4 is 22.6 Å². The summed E-state index contributed by atoms with van der Waals surface area (Å²) in [4.78, 5) is 4.49. The van der Waals surface area contributed by atoms with Crippen molar-refractivity contribution in [2.45, 2.75) is 26.2 Å². The number of hydrogen-bond acceptors (Lipinski definition) is 1. The van der Waals surface area contributed by atoms with Crippen molar-refractivity contribution in [2.24, 2.45) is 0 Å². The number of allylic oxidation sites excluding steroid dienone is 4. The molecular weight excluding hydrogens is 600 g/mol. The maximum absolute atomic E-state index is 14.4. The number of rotatable bonds is 3. The number of hydrogen-bond donors (Lipinski definition) is 0. The molecule has 0 fully saturated rings. The third kappa shape index (κ3) is 4.84. The second kappa shape index (κ2) is 10.8. The molecule has 0 unspecified atom stereocenters. The minimum Gasteiger partial charge on any atom is -0.811 e. The quantitative estimate of drug-likeness (QED) is 0.132. The van der Waals surface area contributed by atoms with Gasteiger partial charge in [-0.25, -0.2) is 4.39 Å². The maximum atomic E-state index is 14.4. The zero-order chi connectivity index (χ0) is 23.4. The molecule has 3 aromatic carbocycles. The molecule has 1 heterocycles. The van der Waals surface area contributed by atoms with Gasteiger partial charge in [0, 0.05) is 12.0 Å². The van der Waals surface area contributed by atoms with Gasteiger partial charge in [0.05, 0.1) is 0 Å². The molecule has 4 heteroatoms. The van der Waals surface area contributed by atoms with Crippen LogP contribution in [0.1, 0.15) is 37.5 Å². The Hall–Kier alpha value is -3.20. The first-order valence-electron chi connectivity index (χ1n) is 10.8. The summed E-state index contributed by atoms with van der Waals surface area (Å²) in [5, 5.41) is 10.7.